The summed E-state index contributed by atoms with van der Waals surface area (Å²) in [7, 11) is 0. The minimum atomic E-state index is -0.413. The molecule has 1 fully saturated rings. The van der Waals surface area contributed by atoms with Crippen LogP contribution in [-0.2, 0) is 4.74 Å². The summed E-state index contributed by atoms with van der Waals surface area (Å²) in [5.41, 5.74) is 1.80. The van der Waals surface area contributed by atoms with Crippen LogP contribution in [0.25, 0.3) is 0 Å². The molecule has 2 aromatic rings. The molecule has 0 unspecified atom stereocenters. The SMILES string of the molecule is O=C(NC[C@H]1CN(c2ccc(N3C=NCC3)cc2)C(=O)O1)c1ccc(Cl)s1. The first-order valence-electron chi connectivity index (χ1n) is 8.48. The lowest BCUT2D eigenvalue weighted by molar-refractivity contribution is 0.0920. The average Bonchev–Trinajstić information content (AvgIpc) is 3.41. The number of hydrogen-bond acceptors (Lipinski definition) is 6. The van der Waals surface area contributed by atoms with Crippen molar-refractivity contribution in [1.82, 2.24) is 5.32 Å². The number of amides is 2. The molecular formula is C18H17ClN4O3S. The maximum atomic E-state index is 12.2. The number of thiophene rings is 1. The van der Waals surface area contributed by atoms with E-state index in [-0.39, 0.29) is 12.5 Å². The molecule has 0 aliphatic carbocycles. The lowest BCUT2D eigenvalue weighted by atomic mass is 10.2. The highest BCUT2D eigenvalue weighted by Crippen LogP contribution is 2.25. The van der Waals surface area contributed by atoms with E-state index in [4.69, 9.17) is 16.3 Å². The van der Waals surface area contributed by atoms with Gasteiger partial charge in [0.15, 0.2) is 0 Å². The zero-order valence-electron chi connectivity index (χ0n) is 14.3. The van der Waals surface area contributed by atoms with Gasteiger partial charge in [-0.3, -0.25) is 14.7 Å². The van der Waals surface area contributed by atoms with Gasteiger partial charge in [0, 0.05) is 17.9 Å². The van der Waals surface area contributed by atoms with Crippen LogP contribution in [0.15, 0.2) is 41.4 Å². The van der Waals surface area contributed by atoms with Gasteiger partial charge in [-0.05, 0) is 36.4 Å². The number of cyclic esters (lactones) is 1. The molecule has 1 saturated heterocycles. The van der Waals surface area contributed by atoms with Gasteiger partial charge in [-0.15, -0.1) is 11.3 Å². The number of carbonyl (C=O) groups excluding carboxylic acids is 2. The third-order valence-electron chi connectivity index (χ3n) is 4.35. The van der Waals surface area contributed by atoms with Crippen molar-refractivity contribution < 1.29 is 14.3 Å². The van der Waals surface area contributed by atoms with Crippen LogP contribution in [0.5, 0.6) is 0 Å². The Morgan fingerprint density at radius 1 is 1.26 bits per heavy atom. The van der Waals surface area contributed by atoms with Gasteiger partial charge in [-0.25, -0.2) is 4.79 Å². The van der Waals surface area contributed by atoms with Gasteiger partial charge < -0.3 is 15.0 Å². The van der Waals surface area contributed by atoms with E-state index in [1.54, 1.807) is 17.0 Å². The number of ether oxygens (including phenoxy) is 1. The third kappa shape index (κ3) is 3.91. The Morgan fingerprint density at radius 2 is 2.04 bits per heavy atom. The molecule has 1 N–H and O–H groups in total. The minimum absolute atomic E-state index is 0.224. The summed E-state index contributed by atoms with van der Waals surface area (Å²) >= 11 is 7.05. The van der Waals surface area contributed by atoms with E-state index in [0.717, 1.165) is 24.5 Å². The first-order chi connectivity index (χ1) is 13.1. The van der Waals surface area contributed by atoms with Crippen molar-refractivity contribution in [3.05, 3.63) is 45.6 Å². The van der Waals surface area contributed by atoms with Crippen molar-refractivity contribution in [3.8, 4) is 0 Å². The number of nitrogens with one attached hydrogen (secondary N) is 1. The molecule has 1 aromatic heterocycles. The van der Waals surface area contributed by atoms with Crippen molar-refractivity contribution in [2.24, 2.45) is 4.99 Å². The largest absolute Gasteiger partial charge is 0.442 e. The summed E-state index contributed by atoms with van der Waals surface area (Å²) < 4.78 is 5.93. The number of benzene rings is 1. The third-order valence-corrected chi connectivity index (χ3v) is 5.58. The fraction of sp³-hybridized carbons (Fsp3) is 0.278. The first-order valence-corrected chi connectivity index (χ1v) is 9.68. The highest BCUT2D eigenvalue weighted by atomic mass is 35.5. The summed E-state index contributed by atoms with van der Waals surface area (Å²) in [6, 6.07) is 11.0. The summed E-state index contributed by atoms with van der Waals surface area (Å²) in [5.74, 6) is -0.224. The van der Waals surface area contributed by atoms with Gasteiger partial charge >= 0.3 is 6.09 Å². The molecule has 0 bridgehead atoms. The number of halogens is 1. The van der Waals surface area contributed by atoms with E-state index in [1.807, 2.05) is 30.6 Å². The molecule has 27 heavy (non-hydrogen) atoms. The van der Waals surface area contributed by atoms with Crippen molar-refractivity contribution in [3.63, 3.8) is 0 Å². The Bertz CT molecular complexity index is 883. The monoisotopic (exact) mass is 404 g/mol. The molecule has 9 heteroatoms. The van der Waals surface area contributed by atoms with Crippen LogP contribution < -0.4 is 15.1 Å². The molecule has 1 aromatic carbocycles. The van der Waals surface area contributed by atoms with E-state index >= 15 is 0 Å². The van der Waals surface area contributed by atoms with Crippen molar-refractivity contribution in [1.29, 1.82) is 0 Å². The van der Waals surface area contributed by atoms with Crippen molar-refractivity contribution in [2.75, 3.05) is 36.0 Å². The Labute approximate surface area is 165 Å². The molecule has 3 heterocycles. The Hall–Kier alpha value is -2.58. The number of anilines is 2. The lowest BCUT2D eigenvalue weighted by Gasteiger charge is -2.17. The van der Waals surface area contributed by atoms with Gasteiger partial charge in [0.05, 0.1) is 35.2 Å². The molecule has 0 spiro atoms. The smallest absolute Gasteiger partial charge is 0.414 e. The number of nitrogens with zero attached hydrogens (tertiary/aromatic N) is 3. The maximum absolute atomic E-state index is 12.2. The predicted octanol–water partition coefficient (Wildman–Crippen LogP) is 3.01. The maximum Gasteiger partial charge on any atom is 0.414 e. The molecule has 140 valence electrons. The fourth-order valence-corrected chi connectivity index (χ4v) is 3.93. The molecule has 7 nitrogen and oxygen atoms in total. The van der Waals surface area contributed by atoms with Crippen LogP contribution in [0.2, 0.25) is 4.34 Å². The summed E-state index contributed by atoms with van der Waals surface area (Å²) in [5, 5.41) is 2.78. The molecule has 2 aliphatic rings. The number of rotatable bonds is 5. The number of aliphatic imine (C=N–C) groups is 1. The van der Waals surface area contributed by atoms with Gasteiger partial charge in [0.2, 0.25) is 0 Å². The second kappa shape index (κ2) is 7.58. The molecule has 0 saturated carbocycles. The average molecular weight is 405 g/mol. The predicted molar refractivity (Wildman–Crippen MR) is 106 cm³/mol. The highest BCUT2D eigenvalue weighted by Gasteiger charge is 2.32. The van der Waals surface area contributed by atoms with Crippen LogP contribution in [0, 0.1) is 0 Å². The zero-order valence-corrected chi connectivity index (χ0v) is 15.9. The van der Waals surface area contributed by atoms with Gasteiger partial charge in [-0.1, -0.05) is 11.6 Å². The van der Waals surface area contributed by atoms with E-state index in [0.29, 0.717) is 15.8 Å². The van der Waals surface area contributed by atoms with Gasteiger partial charge in [0.1, 0.15) is 6.10 Å². The molecule has 0 radical (unpaired) electrons. The van der Waals surface area contributed by atoms with Crippen LogP contribution in [-0.4, -0.2) is 50.6 Å². The summed E-state index contributed by atoms with van der Waals surface area (Å²) in [4.78, 5) is 32.6. The fourth-order valence-electron chi connectivity index (χ4n) is 2.97. The van der Waals surface area contributed by atoms with E-state index < -0.39 is 12.2 Å². The van der Waals surface area contributed by atoms with Crippen molar-refractivity contribution in [2.45, 2.75) is 6.10 Å². The number of carbonyl (C=O) groups is 2. The summed E-state index contributed by atoms with van der Waals surface area (Å²) in [6.07, 6.45) is 1.00. The quantitative estimate of drug-likeness (QED) is 0.831. The summed E-state index contributed by atoms with van der Waals surface area (Å²) in [6.45, 7) is 2.29. The van der Waals surface area contributed by atoms with Crippen molar-refractivity contribution >= 4 is 52.7 Å². The molecule has 2 aliphatic heterocycles. The highest BCUT2D eigenvalue weighted by molar-refractivity contribution is 7.17. The van der Waals surface area contributed by atoms with Crippen LogP contribution in [0.4, 0.5) is 16.2 Å². The van der Waals surface area contributed by atoms with Crippen LogP contribution in [0.1, 0.15) is 9.67 Å². The minimum Gasteiger partial charge on any atom is -0.442 e. The van der Waals surface area contributed by atoms with Gasteiger partial charge in [-0.2, -0.15) is 0 Å². The molecule has 4 rings (SSSR count). The van der Waals surface area contributed by atoms with E-state index in [2.05, 4.69) is 15.2 Å². The second-order valence-electron chi connectivity index (χ2n) is 6.16. The van der Waals surface area contributed by atoms with E-state index in [1.165, 1.54) is 11.3 Å². The molecular weight excluding hydrogens is 388 g/mol. The molecule has 1 atom stereocenters. The van der Waals surface area contributed by atoms with Gasteiger partial charge in [0.25, 0.3) is 5.91 Å². The van der Waals surface area contributed by atoms with E-state index in [9.17, 15) is 9.59 Å². The Morgan fingerprint density at radius 3 is 2.70 bits per heavy atom. The Kier molecular flexibility index (Phi) is 5.00. The second-order valence-corrected chi connectivity index (χ2v) is 7.88. The Balaban J connectivity index is 1.34. The lowest BCUT2D eigenvalue weighted by Crippen LogP contribution is -2.34. The normalized spacial score (nSPS) is 18.9. The van der Waals surface area contributed by atoms with Crippen LogP contribution in [0.3, 0.4) is 0 Å². The molecule has 2 amide bonds. The van der Waals surface area contributed by atoms with Crippen LogP contribution >= 0.6 is 22.9 Å². The zero-order chi connectivity index (χ0) is 18.8. The topological polar surface area (TPSA) is 74.2 Å². The standard InChI is InChI=1S/C18H17ClN4O3S/c19-16-6-5-15(27-16)17(24)21-9-14-10-23(18(25)26-14)13-3-1-12(2-4-13)22-8-7-20-11-22/h1-6,11,14H,7-10H2,(H,21,24)/t14-/m0/s1. The number of hydrogen-bond donors (Lipinski definition) is 1. The first kappa shape index (κ1) is 17.8.